The number of aromatic nitrogens is 4. The first-order valence-electron chi connectivity index (χ1n) is 7.24. The van der Waals surface area contributed by atoms with Gasteiger partial charge in [0.05, 0.1) is 16.9 Å². The third-order valence-electron chi connectivity index (χ3n) is 3.21. The number of hydrogen-bond donors (Lipinski definition) is 1. The Morgan fingerprint density at radius 3 is 3.00 bits per heavy atom. The van der Waals surface area contributed by atoms with E-state index in [9.17, 15) is 4.79 Å². The maximum Gasteiger partial charge on any atom is 0.273 e. The molecule has 3 aromatic heterocycles. The molecule has 1 N–H and O–H groups in total. The minimum absolute atomic E-state index is 0.247. The number of carbonyl (C=O) groups excluding carboxylic acids is 1. The highest BCUT2D eigenvalue weighted by atomic mass is 32.1. The first-order valence-corrected chi connectivity index (χ1v) is 8.12. The first-order chi connectivity index (χ1) is 11.1. The summed E-state index contributed by atoms with van der Waals surface area (Å²) in [5.74, 6) is 0.344. The van der Waals surface area contributed by atoms with Crippen LogP contribution in [-0.4, -0.2) is 32.4 Å². The van der Waals surface area contributed by atoms with Crippen molar-refractivity contribution in [2.45, 2.75) is 26.8 Å². The Morgan fingerprint density at radius 1 is 1.43 bits per heavy atom. The second kappa shape index (κ2) is 6.74. The predicted octanol–water partition coefficient (Wildman–Crippen LogP) is 1.97. The third-order valence-corrected chi connectivity index (χ3v) is 4.03. The van der Waals surface area contributed by atoms with Crippen molar-refractivity contribution >= 4 is 17.2 Å². The standard InChI is InChI=1S/C15H17N5O2S/c1-10-6-17-20(7-10)8-13-5-14(19-22-13)15(21)16-4-3-12-9-23-11(2)18-12/h5-7,9H,3-4,8H2,1-2H3,(H,16,21). The minimum atomic E-state index is -0.247. The number of thiazole rings is 1. The number of nitrogens with one attached hydrogen (secondary N) is 1. The summed E-state index contributed by atoms with van der Waals surface area (Å²) >= 11 is 1.61. The number of hydrogen-bond acceptors (Lipinski definition) is 6. The maximum absolute atomic E-state index is 12.0. The molecule has 3 aromatic rings. The average molecular weight is 331 g/mol. The Labute approximate surface area is 137 Å². The molecule has 120 valence electrons. The van der Waals surface area contributed by atoms with E-state index >= 15 is 0 Å². The van der Waals surface area contributed by atoms with Gasteiger partial charge in [0.2, 0.25) is 0 Å². The second-order valence-corrected chi connectivity index (χ2v) is 6.32. The topological polar surface area (TPSA) is 85.8 Å². The fourth-order valence-corrected chi connectivity index (χ4v) is 2.77. The summed E-state index contributed by atoms with van der Waals surface area (Å²) in [6.07, 6.45) is 4.37. The lowest BCUT2D eigenvalue weighted by molar-refractivity contribution is 0.0945. The molecule has 0 bridgehead atoms. The number of nitrogens with zero attached hydrogens (tertiary/aromatic N) is 4. The summed E-state index contributed by atoms with van der Waals surface area (Å²) in [7, 11) is 0. The lowest BCUT2D eigenvalue weighted by atomic mass is 10.3. The normalized spacial score (nSPS) is 10.9. The maximum atomic E-state index is 12.0. The Morgan fingerprint density at radius 2 is 2.30 bits per heavy atom. The van der Waals surface area contributed by atoms with Crippen LogP contribution in [0.25, 0.3) is 0 Å². The van der Waals surface area contributed by atoms with Crippen molar-refractivity contribution in [1.82, 2.24) is 25.2 Å². The van der Waals surface area contributed by atoms with Crippen molar-refractivity contribution in [2.75, 3.05) is 6.54 Å². The molecule has 0 saturated heterocycles. The molecule has 0 aliphatic rings. The quantitative estimate of drug-likeness (QED) is 0.746. The first kappa shape index (κ1) is 15.4. The molecule has 0 fully saturated rings. The lowest BCUT2D eigenvalue weighted by Crippen LogP contribution is -2.26. The summed E-state index contributed by atoms with van der Waals surface area (Å²) in [5, 5.41) is 13.8. The Balaban J connectivity index is 1.51. The molecule has 0 spiro atoms. The SMILES string of the molecule is Cc1cnn(Cc2cc(C(=O)NCCc3csc(C)n3)no2)c1. The van der Waals surface area contributed by atoms with E-state index in [1.165, 1.54) is 0 Å². The Kier molecular flexibility index (Phi) is 4.52. The van der Waals surface area contributed by atoms with E-state index in [0.29, 0.717) is 25.3 Å². The van der Waals surface area contributed by atoms with Crippen LogP contribution >= 0.6 is 11.3 Å². The van der Waals surface area contributed by atoms with Gasteiger partial charge in [-0.3, -0.25) is 9.48 Å². The zero-order valence-electron chi connectivity index (χ0n) is 12.9. The van der Waals surface area contributed by atoms with Crippen LogP contribution in [0.1, 0.15) is 32.5 Å². The highest BCUT2D eigenvalue weighted by Gasteiger charge is 2.13. The van der Waals surface area contributed by atoms with E-state index in [1.54, 1.807) is 28.3 Å². The predicted molar refractivity (Wildman–Crippen MR) is 85.5 cm³/mol. The van der Waals surface area contributed by atoms with E-state index in [0.717, 1.165) is 16.3 Å². The van der Waals surface area contributed by atoms with Gasteiger partial charge in [-0.1, -0.05) is 5.16 Å². The molecule has 0 aromatic carbocycles. The summed E-state index contributed by atoms with van der Waals surface area (Å²) in [6, 6.07) is 1.64. The molecule has 23 heavy (non-hydrogen) atoms. The average Bonchev–Trinajstić information content (AvgIpc) is 3.22. The summed E-state index contributed by atoms with van der Waals surface area (Å²) in [4.78, 5) is 16.4. The van der Waals surface area contributed by atoms with E-state index in [2.05, 4.69) is 20.6 Å². The second-order valence-electron chi connectivity index (χ2n) is 5.26. The van der Waals surface area contributed by atoms with Crippen molar-refractivity contribution in [3.63, 3.8) is 0 Å². The van der Waals surface area contributed by atoms with Gasteiger partial charge in [-0.15, -0.1) is 11.3 Å². The zero-order valence-corrected chi connectivity index (χ0v) is 13.8. The van der Waals surface area contributed by atoms with Crippen molar-refractivity contribution in [1.29, 1.82) is 0 Å². The molecule has 8 heteroatoms. The van der Waals surface area contributed by atoms with Gasteiger partial charge in [-0.05, 0) is 19.4 Å². The molecule has 1 amide bonds. The molecular weight excluding hydrogens is 314 g/mol. The number of amides is 1. The Bertz CT molecular complexity index is 804. The summed E-state index contributed by atoms with van der Waals surface area (Å²) in [5.41, 5.74) is 2.33. The molecule has 0 unspecified atom stereocenters. The molecule has 0 saturated carbocycles. The highest BCUT2D eigenvalue weighted by Crippen LogP contribution is 2.09. The fraction of sp³-hybridized carbons (Fsp3) is 0.333. The molecule has 3 heterocycles. The number of carbonyl (C=O) groups is 1. The smallest absolute Gasteiger partial charge is 0.273 e. The van der Waals surface area contributed by atoms with Crippen LogP contribution in [0.15, 0.2) is 28.4 Å². The molecule has 7 nitrogen and oxygen atoms in total. The molecular formula is C15H17N5O2S. The fourth-order valence-electron chi connectivity index (χ4n) is 2.13. The third kappa shape index (κ3) is 4.04. The molecule has 0 aliphatic heterocycles. The van der Waals surface area contributed by atoms with Gasteiger partial charge in [0, 0.05) is 30.6 Å². The van der Waals surface area contributed by atoms with Gasteiger partial charge in [-0.2, -0.15) is 5.10 Å². The van der Waals surface area contributed by atoms with E-state index in [1.807, 2.05) is 25.4 Å². The van der Waals surface area contributed by atoms with E-state index < -0.39 is 0 Å². The van der Waals surface area contributed by atoms with Crippen LogP contribution in [-0.2, 0) is 13.0 Å². The van der Waals surface area contributed by atoms with Gasteiger partial charge in [0.15, 0.2) is 11.5 Å². The van der Waals surface area contributed by atoms with Crippen molar-refractivity contribution < 1.29 is 9.32 Å². The van der Waals surface area contributed by atoms with Gasteiger partial charge in [0.1, 0.15) is 6.54 Å². The Hall–Kier alpha value is -2.48. The molecule has 0 atom stereocenters. The van der Waals surface area contributed by atoms with Gasteiger partial charge in [0.25, 0.3) is 5.91 Å². The largest absolute Gasteiger partial charge is 0.359 e. The van der Waals surface area contributed by atoms with Crippen LogP contribution in [0.4, 0.5) is 0 Å². The van der Waals surface area contributed by atoms with Gasteiger partial charge in [-0.25, -0.2) is 4.98 Å². The van der Waals surface area contributed by atoms with Crippen LogP contribution in [0.5, 0.6) is 0 Å². The molecule has 3 rings (SSSR count). The minimum Gasteiger partial charge on any atom is -0.359 e. The van der Waals surface area contributed by atoms with E-state index in [-0.39, 0.29) is 11.6 Å². The van der Waals surface area contributed by atoms with Crippen molar-refractivity contribution in [3.8, 4) is 0 Å². The number of rotatable bonds is 6. The van der Waals surface area contributed by atoms with Crippen LogP contribution < -0.4 is 5.32 Å². The highest BCUT2D eigenvalue weighted by molar-refractivity contribution is 7.09. The van der Waals surface area contributed by atoms with Crippen molar-refractivity contribution in [2.24, 2.45) is 0 Å². The lowest BCUT2D eigenvalue weighted by Gasteiger charge is -2.00. The summed E-state index contributed by atoms with van der Waals surface area (Å²) in [6.45, 7) is 4.89. The van der Waals surface area contributed by atoms with Gasteiger partial charge < -0.3 is 9.84 Å². The zero-order chi connectivity index (χ0) is 16.2. The van der Waals surface area contributed by atoms with Crippen LogP contribution in [0.2, 0.25) is 0 Å². The van der Waals surface area contributed by atoms with Crippen LogP contribution in [0.3, 0.4) is 0 Å². The van der Waals surface area contributed by atoms with Gasteiger partial charge >= 0.3 is 0 Å². The number of aryl methyl sites for hydroxylation is 2. The van der Waals surface area contributed by atoms with Crippen LogP contribution in [0, 0.1) is 13.8 Å². The molecule has 0 aliphatic carbocycles. The van der Waals surface area contributed by atoms with Crippen molar-refractivity contribution in [3.05, 3.63) is 51.6 Å². The summed E-state index contributed by atoms with van der Waals surface area (Å²) < 4.78 is 6.92. The molecule has 0 radical (unpaired) electrons. The van der Waals surface area contributed by atoms with E-state index in [4.69, 9.17) is 4.52 Å². The monoisotopic (exact) mass is 331 g/mol.